The number of hydrogen-bond donors (Lipinski definition) is 1. The van der Waals surface area contributed by atoms with Gasteiger partial charge < -0.3 is 19.4 Å². The molecule has 0 aliphatic heterocycles. The van der Waals surface area contributed by atoms with Crippen LogP contribution in [0.3, 0.4) is 0 Å². The average molecular weight is 462 g/mol. The highest BCUT2D eigenvalue weighted by atomic mass is 19.1. The largest absolute Gasteiger partial charge is 0.490 e. The van der Waals surface area contributed by atoms with Gasteiger partial charge in [0.05, 0.1) is 29.7 Å². The zero-order valence-corrected chi connectivity index (χ0v) is 19.2. The number of para-hydroxylation sites is 4. The number of nitrogens with one attached hydrogen (secondary N) is 1. The number of amides is 1. The molecule has 1 heterocycles. The van der Waals surface area contributed by atoms with Crippen LogP contribution in [0.2, 0.25) is 0 Å². The Morgan fingerprint density at radius 3 is 2.47 bits per heavy atom. The summed E-state index contributed by atoms with van der Waals surface area (Å²) >= 11 is 0. The molecule has 0 fully saturated rings. The Morgan fingerprint density at radius 2 is 1.68 bits per heavy atom. The lowest BCUT2D eigenvalue weighted by atomic mass is 10.2. The zero-order chi connectivity index (χ0) is 23.8. The number of carbonyl (C=O) groups is 1. The number of nitrogens with zero attached hydrogens (tertiary/aromatic N) is 2. The lowest BCUT2D eigenvalue weighted by Gasteiger charge is -2.13. The van der Waals surface area contributed by atoms with E-state index in [1.165, 1.54) is 12.1 Å². The number of benzene rings is 3. The Morgan fingerprint density at radius 1 is 0.971 bits per heavy atom. The Hall–Kier alpha value is -3.87. The second-order valence-electron chi connectivity index (χ2n) is 7.74. The van der Waals surface area contributed by atoms with Gasteiger partial charge in [-0.2, -0.15) is 0 Å². The molecule has 0 spiro atoms. The highest BCUT2D eigenvalue weighted by Gasteiger charge is 2.13. The number of ether oxygens (including phenoxy) is 2. The van der Waals surface area contributed by atoms with E-state index in [4.69, 9.17) is 14.5 Å². The first-order chi connectivity index (χ1) is 16.7. The van der Waals surface area contributed by atoms with Gasteiger partial charge in [0, 0.05) is 13.0 Å². The first-order valence-corrected chi connectivity index (χ1v) is 11.5. The molecule has 0 aliphatic carbocycles. The van der Waals surface area contributed by atoms with Crippen molar-refractivity contribution in [1.82, 2.24) is 14.9 Å². The SMILES string of the molecule is CCOc1ccccc1OCCn1c(CCCNC(=O)c2ccccc2F)nc2ccccc21. The van der Waals surface area contributed by atoms with Crippen LogP contribution in [-0.2, 0) is 13.0 Å². The molecule has 6 nitrogen and oxygen atoms in total. The van der Waals surface area contributed by atoms with Gasteiger partial charge in [0.25, 0.3) is 5.91 Å². The van der Waals surface area contributed by atoms with E-state index in [1.54, 1.807) is 12.1 Å². The summed E-state index contributed by atoms with van der Waals surface area (Å²) in [5, 5.41) is 2.79. The quantitative estimate of drug-likeness (QED) is 0.319. The Balaban J connectivity index is 1.38. The van der Waals surface area contributed by atoms with Gasteiger partial charge >= 0.3 is 0 Å². The van der Waals surface area contributed by atoms with Gasteiger partial charge in [-0.05, 0) is 49.7 Å². The number of carbonyl (C=O) groups excluding carboxylic acids is 1. The topological polar surface area (TPSA) is 65.4 Å². The summed E-state index contributed by atoms with van der Waals surface area (Å²) in [5.74, 6) is 1.43. The molecule has 0 saturated carbocycles. The fraction of sp³-hybridized carbons (Fsp3) is 0.259. The lowest BCUT2D eigenvalue weighted by Crippen LogP contribution is -2.26. The fourth-order valence-corrected chi connectivity index (χ4v) is 3.85. The van der Waals surface area contributed by atoms with Crippen LogP contribution < -0.4 is 14.8 Å². The number of aromatic nitrogens is 2. The van der Waals surface area contributed by atoms with Crippen molar-refractivity contribution >= 4 is 16.9 Å². The Labute approximate surface area is 198 Å². The number of fused-ring (bicyclic) bond motifs is 1. The molecule has 0 atom stereocenters. The molecule has 0 saturated heterocycles. The zero-order valence-electron chi connectivity index (χ0n) is 19.2. The molecule has 0 bridgehead atoms. The van der Waals surface area contributed by atoms with Crippen LogP contribution >= 0.6 is 0 Å². The van der Waals surface area contributed by atoms with E-state index >= 15 is 0 Å². The fourth-order valence-electron chi connectivity index (χ4n) is 3.85. The van der Waals surface area contributed by atoms with Gasteiger partial charge in [0.1, 0.15) is 18.2 Å². The van der Waals surface area contributed by atoms with Gasteiger partial charge in [-0.3, -0.25) is 4.79 Å². The van der Waals surface area contributed by atoms with Crippen LogP contribution in [0.15, 0.2) is 72.8 Å². The summed E-state index contributed by atoms with van der Waals surface area (Å²) in [6.45, 7) is 4.03. The van der Waals surface area contributed by atoms with E-state index in [0.717, 1.165) is 22.6 Å². The predicted molar refractivity (Wildman–Crippen MR) is 130 cm³/mol. The van der Waals surface area contributed by atoms with Crippen molar-refractivity contribution in [3.63, 3.8) is 0 Å². The monoisotopic (exact) mass is 461 g/mol. The molecular weight excluding hydrogens is 433 g/mol. The van der Waals surface area contributed by atoms with Crippen molar-refractivity contribution in [2.75, 3.05) is 19.8 Å². The van der Waals surface area contributed by atoms with Crippen molar-refractivity contribution in [2.24, 2.45) is 0 Å². The first-order valence-electron chi connectivity index (χ1n) is 11.5. The van der Waals surface area contributed by atoms with E-state index in [1.807, 2.05) is 55.5 Å². The molecule has 1 N–H and O–H groups in total. The summed E-state index contributed by atoms with van der Waals surface area (Å²) in [5.41, 5.74) is 2.01. The summed E-state index contributed by atoms with van der Waals surface area (Å²) < 4.78 is 27.6. The van der Waals surface area contributed by atoms with Crippen molar-refractivity contribution in [2.45, 2.75) is 26.3 Å². The third-order valence-electron chi connectivity index (χ3n) is 5.44. The van der Waals surface area contributed by atoms with Crippen molar-refractivity contribution in [3.05, 3.63) is 90.0 Å². The van der Waals surface area contributed by atoms with Crippen molar-refractivity contribution < 1.29 is 18.7 Å². The van der Waals surface area contributed by atoms with E-state index < -0.39 is 11.7 Å². The maximum absolute atomic E-state index is 13.8. The van der Waals surface area contributed by atoms with Crippen molar-refractivity contribution in [3.8, 4) is 11.5 Å². The Bertz CT molecular complexity index is 1250. The standard InChI is InChI=1S/C27H28FN3O3/c1-2-33-24-14-7-8-15-25(24)34-19-18-31-23-13-6-5-12-22(23)30-26(31)16-9-17-29-27(32)20-10-3-4-11-21(20)28/h3-8,10-15H,2,9,16-19H2,1H3,(H,29,32). The van der Waals surface area contributed by atoms with Gasteiger partial charge in [-0.25, -0.2) is 9.37 Å². The summed E-state index contributed by atoms with van der Waals surface area (Å²) in [4.78, 5) is 17.0. The minimum atomic E-state index is -0.521. The third kappa shape index (κ3) is 5.54. The molecule has 0 unspecified atom stereocenters. The van der Waals surface area contributed by atoms with E-state index in [2.05, 4.69) is 9.88 Å². The maximum atomic E-state index is 13.8. The molecule has 7 heteroatoms. The molecular formula is C27H28FN3O3. The number of halogens is 1. The molecule has 1 aromatic heterocycles. The van der Waals surface area contributed by atoms with E-state index in [9.17, 15) is 9.18 Å². The number of aryl methyl sites for hydroxylation is 1. The third-order valence-corrected chi connectivity index (χ3v) is 5.44. The summed E-state index contributed by atoms with van der Waals surface area (Å²) in [6.07, 6.45) is 1.35. The average Bonchev–Trinajstić information content (AvgIpc) is 3.20. The predicted octanol–water partition coefficient (Wildman–Crippen LogP) is 5.02. The second kappa shape index (κ2) is 11.3. The minimum Gasteiger partial charge on any atom is -0.490 e. The van der Waals surface area contributed by atoms with Gasteiger partial charge in [0.15, 0.2) is 11.5 Å². The lowest BCUT2D eigenvalue weighted by molar-refractivity contribution is 0.0949. The molecule has 0 aliphatic rings. The summed E-state index contributed by atoms with van der Waals surface area (Å²) in [6, 6.07) is 21.6. The molecule has 1 amide bonds. The van der Waals surface area contributed by atoms with Crippen LogP contribution in [-0.4, -0.2) is 35.2 Å². The smallest absolute Gasteiger partial charge is 0.254 e. The molecule has 4 rings (SSSR count). The molecule has 3 aromatic carbocycles. The van der Waals surface area contributed by atoms with Crippen LogP contribution in [0, 0.1) is 5.82 Å². The van der Waals surface area contributed by atoms with Crippen LogP contribution in [0.1, 0.15) is 29.5 Å². The highest BCUT2D eigenvalue weighted by molar-refractivity contribution is 5.94. The normalized spacial score (nSPS) is 10.9. The number of rotatable bonds is 11. The van der Waals surface area contributed by atoms with Crippen LogP contribution in [0.25, 0.3) is 11.0 Å². The first kappa shape index (κ1) is 23.3. The number of imidazole rings is 1. The second-order valence-corrected chi connectivity index (χ2v) is 7.74. The number of hydrogen-bond acceptors (Lipinski definition) is 4. The molecule has 176 valence electrons. The Kier molecular flexibility index (Phi) is 7.75. The van der Waals surface area contributed by atoms with E-state index in [0.29, 0.717) is 44.9 Å². The maximum Gasteiger partial charge on any atom is 0.254 e. The van der Waals surface area contributed by atoms with Gasteiger partial charge in [0.2, 0.25) is 0 Å². The molecule has 4 aromatic rings. The van der Waals surface area contributed by atoms with Gasteiger partial charge in [-0.15, -0.1) is 0 Å². The minimum absolute atomic E-state index is 0.0548. The van der Waals surface area contributed by atoms with Crippen molar-refractivity contribution in [1.29, 1.82) is 0 Å². The molecule has 34 heavy (non-hydrogen) atoms. The summed E-state index contributed by atoms with van der Waals surface area (Å²) in [7, 11) is 0. The van der Waals surface area contributed by atoms with Gasteiger partial charge in [-0.1, -0.05) is 36.4 Å². The van der Waals surface area contributed by atoms with Crippen LogP contribution in [0.4, 0.5) is 4.39 Å². The van der Waals surface area contributed by atoms with E-state index in [-0.39, 0.29) is 5.56 Å². The van der Waals surface area contributed by atoms with Crippen LogP contribution in [0.5, 0.6) is 11.5 Å². The molecule has 0 radical (unpaired) electrons. The highest BCUT2D eigenvalue weighted by Crippen LogP contribution is 2.26.